The van der Waals surface area contributed by atoms with E-state index in [1.807, 2.05) is 0 Å². The van der Waals surface area contributed by atoms with Gasteiger partial charge in [-0.2, -0.15) is 4.31 Å². The van der Waals surface area contributed by atoms with Gasteiger partial charge in [0.25, 0.3) is 5.91 Å². The Hall–Kier alpha value is -2.71. The number of nitrogens with two attached hydrogens (primary N) is 1. The predicted molar refractivity (Wildman–Crippen MR) is 97.3 cm³/mol. The van der Waals surface area contributed by atoms with Crippen LogP contribution in [0.5, 0.6) is 0 Å². The number of rotatable bonds is 5. The molecule has 26 heavy (non-hydrogen) atoms. The highest BCUT2D eigenvalue weighted by molar-refractivity contribution is 7.89. The monoisotopic (exact) mass is 373 g/mol. The molecule has 1 aliphatic heterocycles. The average molecular weight is 373 g/mol. The summed E-state index contributed by atoms with van der Waals surface area (Å²) in [4.78, 5) is 23.5. The molecule has 0 unspecified atom stereocenters. The second kappa shape index (κ2) is 7.27. The van der Waals surface area contributed by atoms with Crippen molar-refractivity contribution < 1.29 is 18.0 Å². The summed E-state index contributed by atoms with van der Waals surface area (Å²) in [6.07, 6.45) is 1.74. The van der Waals surface area contributed by atoms with Crippen molar-refractivity contribution >= 4 is 27.5 Å². The van der Waals surface area contributed by atoms with Crippen LogP contribution >= 0.6 is 0 Å². The Morgan fingerprint density at radius 3 is 1.96 bits per heavy atom. The van der Waals surface area contributed by atoms with E-state index in [9.17, 15) is 18.0 Å². The van der Waals surface area contributed by atoms with Crippen molar-refractivity contribution in [3.8, 4) is 0 Å². The van der Waals surface area contributed by atoms with Gasteiger partial charge in [-0.15, -0.1) is 0 Å². The van der Waals surface area contributed by atoms with Crippen LogP contribution in [0, 0.1) is 0 Å². The molecule has 0 saturated carbocycles. The Morgan fingerprint density at radius 1 is 0.885 bits per heavy atom. The Balaban J connectivity index is 1.71. The first-order valence-electron chi connectivity index (χ1n) is 8.19. The first-order valence-corrected chi connectivity index (χ1v) is 9.63. The number of benzene rings is 2. The molecule has 2 amide bonds. The molecule has 136 valence electrons. The lowest BCUT2D eigenvalue weighted by atomic mass is 10.2. The topological polar surface area (TPSA) is 110 Å². The number of hydrogen-bond donors (Lipinski definition) is 2. The van der Waals surface area contributed by atoms with Crippen LogP contribution in [0.25, 0.3) is 0 Å². The largest absolute Gasteiger partial charge is 0.366 e. The Kier molecular flexibility index (Phi) is 5.06. The van der Waals surface area contributed by atoms with E-state index in [0.717, 1.165) is 12.8 Å². The van der Waals surface area contributed by atoms with Gasteiger partial charge in [0.05, 0.1) is 4.90 Å². The van der Waals surface area contributed by atoms with Crippen LogP contribution in [-0.2, 0) is 10.0 Å². The van der Waals surface area contributed by atoms with Crippen molar-refractivity contribution in [2.75, 3.05) is 18.4 Å². The number of sulfonamides is 1. The van der Waals surface area contributed by atoms with Crippen molar-refractivity contribution in [1.82, 2.24) is 4.31 Å². The Labute approximate surface area is 151 Å². The van der Waals surface area contributed by atoms with Gasteiger partial charge >= 0.3 is 0 Å². The predicted octanol–water partition coefficient (Wildman–Crippen LogP) is 1.82. The maximum atomic E-state index is 12.5. The SMILES string of the molecule is NC(=O)c1ccc(NC(=O)c2ccc(S(=O)(=O)N3CCCC3)cc2)cc1. The lowest BCUT2D eigenvalue weighted by molar-refractivity contribution is 0.0998. The molecular weight excluding hydrogens is 354 g/mol. The summed E-state index contributed by atoms with van der Waals surface area (Å²) in [6.45, 7) is 1.07. The van der Waals surface area contributed by atoms with Gasteiger partial charge in [-0.3, -0.25) is 9.59 Å². The molecule has 0 aliphatic carbocycles. The molecule has 2 aromatic rings. The van der Waals surface area contributed by atoms with Crippen molar-refractivity contribution in [2.24, 2.45) is 5.73 Å². The third kappa shape index (κ3) is 3.76. The van der Waals surface area contributed by atoms with Crippen molar-refractivity contribution in [3.63, 3.8) is 0 Å². The van der Waals surface area contributed by atoms with E-state index >= 15 is 0 Å². The highest BCUT2D eigenvalue weighted by Gasteiger charge is 2.27. The Bertz CT molecular complexity index is 916. The van der Waals surface area contributed by atoms with Crippen LogP contribution in [0.1, 0.15) is 33.6 Å². The number of primary amides is 1. The van der Waals surface area contributed by atoms with E-state index in [4.69, 9.17) is 5.73 Å². The van der Waals surface area contributed by atoms with E-state index in [1.165, 1.54) is 40.7 Å². The second-order valence-electron chi connectivity index (χ2n) is 6.03. The molecule has 0 spiro atoms. The molecule has 0 atom stereocenters. The van der Waals surface area contributed by atoms with E-state index in [1.54, 1.807) is 12.1 Å². The molecule has 0 aromatic heterocycles. The summed E-state index contributed by atoms with van der Waals surface area (Å²) < 4.78 is 26.4. The van der Waals surface area contributed by atoms with Gasteiger partial charge in [0.2, 0.25) is 15.9 Å². The number of nitrogens with zero attached hydrogens (tertiary/aromatic N) is 1. The summed E-state index contributed by atoms with van der Waals surface area (Å²) >= 11 is 0. The summed E-state index contributed by atoms with van der Waals surface area (Å²) in [5, 5.41) is 2.69. The smallest absolute Gasteiger partial charge is 0.255 e. The quantitative estimate of drug-likeness (QED) is 0.833. The third-order valence-corrected chi connectivity index (χ3v) is 6.16. The van der Waals surface area contributed by atoms with E-state index in [0.29, 0.717) is 29.9 Å². The third-order valence-electron chi connectivity index (χ3n) is 4.25. The van der Waals surface area contributed by atoms with Crippen molar-refractivity contribution in [3.05, 3.63) is 59.7 Å². The van der Waals surface area contributed by atoms with Gasteiger partial charge in [0.15, 0.2) is 0 Å². The van der Waals surface area contributed by atoms with Crippen LogP contribution in [0.15, 0.2) is 53.4 Å². The molecule has 2 aromatic carbocycles. The van der Waals surface area contributed by atoms with Gasteiger partial charge < -0.3 is 11.1 Å². The number of carbonyl (C=O) groups excluding carboxylic acids is 2. The van der Waals surface area contributed by atoms with Crippen LogP contribution in [0.2, 0.25) is 0 Å². The minimum atomic E-state index is -3.50. The van der Waals surface area contributed by atoms with E-state index < -0.39 is 15.9 Å². The number of nitrogens with one attached hydrogen (secondary N) is 1. The maximum absolute atomic E-state index is 12.5. The number of hydrogen-bond acceptors (Lipinski definition) is 4. The number of carbonyl (C=O) groups is 2. The fourth-order valence-electron chi connectivity index (χ4n) is 2.78. The van der Waals surface area contributed by atoms with Crippen LogP contribution in [0.3, 0.4) is 0 Å². The molecule has 1 saturated heterocycles. The molecule has 0 radical (unpaired) electrons. The molecule has 3 N–H and O–H groups in total. The number of amides is 2. The maximum Gasteiger partial charge on any atom is 0.255 e. The lowest BCUT2D eigenvalue weighted by Crippen LogP contribution is -2.27. The molecule has 8 heteroatoms. The summed E-state index contributed by atoms with van der Waals surface area (Å²) in [5.41, 5.74) is 6.36. The molecular formula is C18H19N3O4S. The highest BCUT2D eigenvalue weighted by atomic mass is 32.2. The van der Waals surface area contributed by atoms with Crippen LogP contribution < -0.4 is 11.1 Å². The van der Waals surface area contributed by atoms with Crippen molar-refractivity contribution in [1.29, 1.82) is 0 Å². The van der Waals surface area contributed by atoms with E-state index in [2.05, 4.69) is 5.32 Å². The molecule has 0 bridgehead atoms. The van der Waals surface area contributed by atoms with Gasteiger partial charge in [-0.05, 0) is 61.4 Å². The van der Waals surface area contributed by atoms with Gasteiger partial charge in [-0.25, -0.2) is 8.42 Å². The zero-order chi connectivity index (χ0) is 18.7. The first kappa shape index (κ1) is 18.1. The molecule has 3 rings (SSSR count). The summed E-state index contributed by atoms with van der Waals surface area (Å²) in [6, 6.07) is 12.0. The fourth-order valence-corrected chi connectivity index (χ4v) is 4.29. The highest BCUT2D eigenvalue weighted by Crippen LogP contribution is 2.21. The average Bonchev–Trinajstić information content (AvgIpc) is 3.18. The van der Waals surface area contributed by atoms with Gasteiger partial charge in [0, 0.05) is 29.9 Å². The number of anilines is 1. The van der Waals surface area contributed by atoms with Crippen LogP contribution in [0.4, 0.5) is 5.69 Å². The fraction of sp³-hybridized carbons (Fsp3) is 0.222. The van der Waals surface area contributed by atoms with Gasteiger partial charge in [0.1, 0.15) is 0 Å². The zero-order valence-electron chi connectivity index (χ0n) is 14.0. The summed E-state index contributed by atoms with van der Waals surface area (Å²) in [5.74, 6) is -0.917. The second-order valence-corrected chi connectivity index (χ2v) is 7.97. The molecule has 1 heterocycles. The molecule has 1 aliphatic rings. The zero-order valence-corrected chi connectivity index (χ0v) is 14.8. The van der Waals surface area contributed by atoms with Crippen LogP contribution in [-0.4, -0.2) is 37.6 Å². The lowest BCUT2D eigenvalue weighted by Gasteiger charge is -2.15. The molecule has 7 nitrogen and oxygen atoms in total. The van der Waals surface area contributed by atoms with E-state index in [-0.39, 0.29) is 10.8 Å². The van der Waals surface area contributed by atoms with Gasteiger partial charge in [-0.1, -0.05) is 0 Å². The minimum Gasteiger partial charge on any atom is -0.366 e. The molecule has 1 fully saturated rings. The standard InChI is InChI=1S/C18H19N3O4S/c19-17(22)13-3-7-15(8-4-13)20-18(23)14-5-9-16(10-6-14)26(24,25)21-11-1-2-12-21/h3-10H,1-2,11-12H2,(H2,19,22)(H,20,23). The normalized spacial score (nSPS) is 14.9. The summed E-state index contributed by atoms with van der Waals surface area (Å²) in [7, 11) is -3.50. The van der Waals surface area contributed by atoms with Crippen molar-refractivity contribution in [2.45, 2.75) is 17.7 Å². The Morgan fingerprint density at radius 2 is 1.42 bits per heavy atom. The first-order chi connectivity index (χ1) is 12.4. The minimum absolute atomic E-state index is 0.182.